The van der Waals surface area contributed by atoms with Crippen LogP contribution in [0.1, 0.15) is 6.99 Å². The van der Waals surface area contributed by atoms with Gasteiger partial charge in [-0.1, -0.05) is 0 Å². The van der Waals surface area contributed by atoms with E-state index in [0.717, 1.165) is 0 Å². The second kappa shape index (κ2) is 5.46. The third-order valence-electron chi connectivity index (χ3n) is 1.19. The summed E-state index contributed by atoms with van der Waals surface area (Å²) in [7, 11) is 0. The van der Waals surface area contributed by atoms with Gasteiger partial charge in [0.1, 0.15) is 0 Å². The van der Waals surface area contributed by atoms with Crippen molar-refractivity contribution in [2.24, 2.45) is 0 Å². The standard InChI is InChI=1S/C7H5NO2S.Na.H/c8-5-6-1-3-7(4-2-6)11(9)10;;/h1-4H,(H,9,10);;/q;+1;-1. The van der Waals surface area contributed by atoms with Crippen LogP contribution >= 0.6 is 0 Å². The van der Waals surface area contributed by atoms with Gasteiger partial charge in [-0.25, -0.2) is 4.21 Å². The van der Waals surface area contributed by atoms with Crippen molar-refractivity contribution in [3.05, 3.63) is 29.8 Å². The number of hydrogen-bond donors (Lipinski definition) is 1. The molecule has 0 saturated heterocycles. The van der Waals surface area contributed by atoms with E-state index in [4.69, 9.17) is 9.81 Å². The van der Waals surface area contributed by atoms with Gasteiger partial charge < -0.3 is 5.98 Å². The molecule has 3 nitrogen and oxygen atoms in total. The normalized spacial score (nSPS) is 11.0. The Morgan fingerprint density at radius 3 is 2.25 bits per heavy atom. The van der Waals surface area contributed by atoms with E-state index in [1.54, 1.807) is 0 Å². The molecule has 1 aromatic rings. The summed E-state index contributed by atoms with van der Waals surface area (Å²) in [6.45, 7) is 0. The summed E-state index contributed by atoms with van der Waals surface area (Å²) in [5.41, 5.74) is 0.485. The molecule has 5 heteroatoms. The van der Waals surface area contributed by atoms with Crippen LogP contribution in [0.2, 0.25) is 0 Å². The summed E-state index contributed by atoms with van der Waals surface area (Å²) in [6.07, 6.45) is 0. The molecular formula is C7H6NNaO2S. The van der Waals surface area contributed by atoms with Crippen molar-refractivity contribution in [2.75, 3.05) is 0 Å². The zero-order chi connectivity index (χ0) is 8.27. The van der Waals surface area contributed by atoms with E-state index >= 15 is 0 Å². The summed E-state index contributed by atoms with van der Waals surface area (Å²) in [6, 6.07) is 7.83. The van der Waals surface area contributed by atoms with Gasteiger partial charge in [0.15, 0.2) is 11.1 Å². The Hall–Kier alpha value is -0.180. The van der Waals surface area contributed by atoms with E-state index in [0.29, 0.717) is 10.5 Å². The topological polar surface area (TPSA) is 61.1 Å². The molecule has 0 spiro atoms. The van der Waals surface area contributed by atoms with Crippen LogP contribution in [0.15, 0.2) is 29.2 Å². The van der Waals surface area contributed by atoms with Gasteiger partial charge in [-0.3, -0.25) is 0 Å². The van der Waals surface area contributed by atoms with Gasteiger partial charge in [0, 0.05) is 0 Å². The molecule has 0 heterocycles. The molecule has 0 aromatic heterocycles. The minimum absolute atomic E-state index is 0. The Bertz CT molecular complexity index is 322. The average molecular weight is 191 g/mol. The molecule has 0 fully saturated rings. The van der Waals surface area contributed by atoms with Crippen LogP contribution in [0.5, 0.6) is 0 Å². The van der Waals surface area contributed by atoms with Gasteiger partial charge in [-0.15, -0.1) is 0 Å². The van der Waals surface area contributed by atoms with Crippen molar-refractivity contribution in [3.63, 3.8) is 0 Å². The molecule has 0 amide bonds. The molecule has 12 heavy (non-hydrogen) atoms. The van der Waals surface area contributed by atoms with Crippen molar-refractivity contribution < 1.29 is 39.7 Å². The van der Waals surface area contributed by atoms with E-state index in [1.807, 2.05) is 6.07 Å². The predicted molar refractivity (Wildman–Crippen MR) is 41.3 cm³/mol. The molecule has 1 unspecified atom stereocenters. The van der Waals surface area contributed by atoms with Crippen LogP contribution in [-0.4, -0.2) is 8.76 Å². The van der Waals surface area contributed by atoms with E-state index < -0.39 is 11.1 Å². The molecule has 1 rings (SSSR count). The molecule has 1 aromatic carbocycles. The van der Waals surface area contributed by atoms with Crippen LogP contribution in [0, 0.1) is 11.3 Å². The zero-order valence-corrected chi connectivity index (χ0v) is 9.34. The fraction of sp³-hybridized carbons (Fsp3) is 0. The van der Waals surface area contributed by atoms with Crippen LogP contribution in [0.25, 0.3) is 0 Å². The molecule has 0 aliphatic heterocycles. The van der Waals surface area contributed by atoms with Gasteiger partial charge in [-0.05, 0) is 24.3 Å². The monoisotopic (exact) mass is 191 g/mol. The first-order valence-corrected chi connectivity index (χ1v) is 3.96. The Morgan fingerprint density at radius 1 is 1.42 bits per heavy atom. The van der Waals surface area contributed by atoms with Gasteiger partial charge >= 0.3 is 29.6 Å². The summed E-state index contributed by atoms with van der Waals surface area (Å²) < 4.78 is 19.0. The maximum Gasteiger partial charge on any atom is 1.00 e. The second-order valence-electron chi connectivity index (χ2n) is 1.89. The fourth-order valence-corrected chi connectivity index (χ4v) is 1.01. The molecule has 1 atom stereocenters. The first-order valence-electron chi connectivity index (χ1n) is 2.85. The predicted octanol–water partition coefficient (Wildman–Crippen LogP) is -1.74. The smallest absolute Gasteiger partial charge is 1.00 e. The third-order valence-corrected chi connectivity index (χ3v) is 1.86. The molecule has 0 saturated carbocycles. The summed E-state index contributed by atoms with van der Waals surface area (Å²) in [4.78, 5) is 0.309. The number of benzene rings is 1. The van der Waals surface area contributed by atoms with Crippen molar-refractivity contribution >= 4 is 11.1 Å². The van der Waals surface area contributed by atoms with E-state index in [1.165, 1.54) is 24.3 Å². The number of nitriles is 1. The van der Waals surface area contributed by atoms with Crippen molar-refractivity contribution in [1.29, 1.82) is 5.26 Å². The maximum absolute atomic E-state index is 10.4. The van der Waals surface area contributed by atoms with E-state index in [-0.39, 0.29) is 31.0 Å². The van der Waals surface area contributed by atoms with E-state index in [9.17, 15) is 4.21 Å². The molecule has 0 aliphatic rings. The first-order chi connectivity index (χ1) is 5.24. The molecule has 58 valence electrons. The third kappa shape index (κ3) is 3.05. The summed E-state index contributed by atoms with van der Waals surface area (Å²) >= 11 is -1.95. The molecule has 0 radical (unpaired) electrons. The largest absolute Gasteiger partial charge is 1.00 e. The van der Waals surface area contributed by atoms with Crippen molar-refractivity contribution in [3.8, 4) is 6.07 Å². The van der Waals surface area contributed by atoms with Gasteiger partial charge in [0.05, 0.1) is 16.5 Å². The number of rotatable bonds is 1. The molecule has 1 N–H and O–H groups in total. The van der Waals surface area contributed by atoms with Crippen LogP contribution in [0.3, 0.4) is 0 Å². The van der Waals surface area contributed by atoms with Crippen LogP contribution in [-0.2, 0) is 11.1 Å². The Balaban J connectivity index is 0. The van der Waals surface area contributed by atoms with Gasteiger partial charge in [0.25, 0.3) is 0 Å². The summed E-state index contributed by atoms with van der Waals surface area (Å²) in [5.74, 6) is 0. The number of nitrogens with zero attached hydrogens (tertiary/aromatic N) is 1. The SMILES string of the molecule is N#Cc1ccc(S(=O)O)cc1.[H-].[Na+]. The number of hydrogen-bond acceptors (Lipinski definition) is 2. The Morgan fingerprint density at radius 2 is 1.92 bits per heavy atom. The summed E-state index contributed by atoms with van der Waals surface area (Å²) in [5, 5.41) is 8.38. The molecule has 0 aliphatic carbocycles. The zero-order valence-electron chi connectivity index (χ0n) is 7.52. The minimum atomic E-state index is -1.95. The second-order valence-corrected chi connectivity index (χ2v) is 2.86. The minimum Gasteiger partial charge on any atom is -1.00 e. The van der Waals surface area contributed by atoms with Crippen LogP contribution in [0.4, 0.5) is 0 Å². The average Bonchev–Trinajstić information content (AvgIpc) is 2.05. The van der Waals surface area contributed by atoms with Crippen molar-refractivity contribution in [2.45, 2.75) is 4.90 Å². The van der Waals surface area contributed by atoms with E-state index in [2.05, 4.69) is 0 Å². The molecule has 0 bridgehead atoms. The first kappa shape index (κ1) is 11.8. The van der Waals surface area contributed by atoms with Gasteiger partial charge in [-0.2, -0.15) is 5.26 Å². The van der Waals surface area contributed by atoms with Crippen LogP contribution < -0.4 is 29.6 Å². The molecular weight excluding hydrogens is 185 g/mol. The Kier molecular flexibility index (Phi) is 5.38. The maximum atomic E-state index is 10.4. The van der Waals surface area contributed by atoms with Crippen molar-refractivity contribution in [1.82, 2.24) is 0 Å². The van der Waals surface area contributed by atoms with Gasteiger partial charge in [0.2, 0.25) is 0 Å². The quantitative estimate of drug-likeness (QED) is 0.423. The fourth-order valence-electron chi connectivity index (χ4n) is 0.646. The Labute approximate surface area is 96.5 Å².